The number of benzene rings is 4. The highest BCUT2D eigenvalue weighted by atomic mass is 14.7. The van der Waals surface area contributed by atoms with Crippen LogP contribution in [0.1, 0.15) is 0 Å². The first kappa shape index (κ1) is 17.5. The summed E-state index contributed by atoms with van der Waals surface area (Å²) in [5, 5.41) is 0. The van der Waals surface area contributed by atoms with Crippen molar-refractivity contribution in [3.8, 4) is 33.4 Å². The van der Waals surface area contributed by atoms with Crippen molar-refractivity contribution in [3.05, 3.63) is 84.9 Å². The summed E-state index contributed by atoms with van der Waals surface area (Å²) < 4.78 is 0. The highest BCUT2D eigenvalue weighted by Gasteiger charge is 2.19. The third-order valence-corrected chi connectivity index (χ3v) is 4.92. The van der Waals surface area contributed by atoms with Crippen LogP contribution in [0.5, 0.6) is 0 Å². The van der Waals surface area contributed by atoms with Gasteiger partial charge in [0.15, 0.2) is 0 Å². The normalized spacial score (nSPS) is 10.7. The van der Waals surface area contributed by atoms with Crippen LogP contribution >= 0.6 is 0 Å². The van der Waals surface area contributed by atoms with E-state index in [1.54, 1.807) is 6.07 Å². The molecule has 4 aromatic carbocycles. The van der Waals surface area contributed by atoms with Gasteiger partial charge in [0, 0.05) is 45.0 Å². The molecule has 0 saturated carbocycles. The zero-order valence-electron chi connectivity index (χ0n) is 15.4. The molecule has 0 spiro atoms. The van der Waals surface area contributed by atoms with Crippen LogP contribution in [-0.4, -0.2) is 0 Å². The first-order valence-electron chi connectivity index (χ1n) is 9.04. The van der Waals surface area contributed by atoms with Crippen molar-refractivity contribution < 1.29 is 0 Å². The highest BCUT2D eigenvalue weighted by Crippen LogP contribution is 2.45. The van der Waals surface area contributed by atoms with Crippen molar-refractivity contribution in [1.82, 2.24) is 0 Å². The summed E-state index contributed by atoms with van der Waals surface area (Å²) in [4.78, 5) is 0. The van der Waals surface area contributed by atoms with E-state index in [9.17, 15) is 0 Å². The van der Waals surface area contributed by atoms with Crippen LogP contribution in [0.3, 0.4) is 0 Å². The van der Waals surface area contributed by atoms with Crippen LogP contribution < -0.4 is 22.9 Å². The lowest BCUT2D eigenvalue weighted by molar-refractivity contribution is 1.55. The Bertz CT molecular complexity index is 1140. The van der Waals surface area contributed by atoms with Gasteiger partial charge in [-0.1, -0.05) is 66.7 Å². The molecule has 0 aromatic heterocycles. The highest BCUT2D eigenvalue weighted by molar-refractivity contribution is 6.03. The standard InChI is InChI=1S/C24H22N4/c25-17-11-12-18(21(26)13-17)20-14-19(15-7-3-1-4-8-15)23(27)22(24(20)28)16-9-5-2-6-10-16/h1-14H,25-28H2. The van der Waals surface area contributed by atoms with Crippen LogP contribution in [0.25, 0.3) is 33.4 Å². The van der Waals surface area contributed by atoms with E-state index in [0.29, 0.717) is 22.7 Å². The predicted molar refractivity (Wildman–Crippen MR) is 120 cm³/mol. The molecule has 0 fully saturated rings. The Kier molecular flexibility index (Phi) is 4.38. The van der Waals surface area contributed by atoms with Gasteiger partial charge in [0.25, 0.3) is 0 Å². The van der Waals surface area contributed by atoms with Gasteiger partial charge in [-0.3, -0.25) is 0 Å². The minimum absolute atomic E-state index is 0.578. The van der Waals surface area contributed by atoms with E-state index < -0.39 is 0 Å². The Morgan fingerprint density at radius 2 is 1.04 bits per heavy atom. The molecule has 0 radical (unpaired) electrons. The number of hydrogen-bond acceptors (Lipinski definition) is 4. The van der Waals surface area contributed by atoms with E-state index in [2.05, 4.69) is 0 Å². The van der Waals surface area contributed by atoms with E-state index >= 15 is 0 Å². The molecule has 0 unspecified atom stereocenters. The monoisotopic (exact) mass is 366 g/mol. The molecule has 0 atom stereocenters. The fourth-order valence-electron chi connectivity index (χ4n) is 3.54. The molecule has 0 aliphatic heterocycles. The van der Waals surface area contributed by atoms with Crippen molar-refractivity contribution in [2.75, 3.05) is 22.9 Å². The SMILES string of the molecule is Nc1ccc(-c2cc(-c3ccccc3)c(N)c(-c3ccccc3)c2N)c(N)c1. The van der Waals surface area contributed by atoms with Crippen LogP contribution in [0, 0.1) is 0 Å². The Labute approximate surface area is 164 Å². The maximum atomic E-state index is 6.64. The van der Waals surface area contributed by atoms with E-state index in [0.717, 1.165) is 33.4 Å². The summed E-state index contributed by atoms with van der Waals surface area (Å²) in [6, 6.07) is 27.4. The molecule has 4 rings (SSSR count). The lowest BCUT2D eigenvalue weighted by Gasteiger charge is -2.20. The van der Waals surface area contributed by atoms with Crippen molar-refractivity contribution >= 4 is 22.7 Å². The summed E-state index contributed by atoms with van der Waals surface area (Å²) in [6.45, 7) is 0. The summed E-state index contributed by atoms with van der Waals surface area (Å²) in [7, 11) is 0. The third kappa shape index (κ3) is 3.01. The van der Waals surface area contributed by atoms with Gasteiger partial charge in [-0.15, -0.1) is 0 Å². The fraction of sp³-hybridized carbons (Fsp3) is 0. The predicted octanol–water partition coefficient (Wildman–Crippen LogP) is 5.02. The minimum atomic E-state index is 0.578. The zero-order chi connectivity index (χ0) is 19.7. The molecule has 4 aromatic rings. The number of rotatable bonds is 3. The van der Waals surface area contributed by atoms with Gasteiger partial charge in [-0.25, -0.2) is 0 Å². The van der Waals surface area contributed by atoms with E-state index in [1.807, 2.05) is 78.9 Å². The molecule has 0 aliphatic rings. The van der Waals surface area contributed by atoms with Gasteiger partial charge in [0.1, 0.15) is 0 Å². The summed E-state index contributed by atoms with van der Waals surface area (Å²) in [6.07, 6.45) is 0. The molecule has 8 N–H and O–H groups in total. The summed E-state index contributed by atoms with van der Waals surface area (Å²) >= 11 is 0. The minimum Gasteiger partial charge on any atom is -0.399 e. The van der Waals surface area contributed by atoms with Gasteiger partial charge in [-0.2, -0.15) is 0 Å². The first-order chi connectivity index (χ1) is 13.6. The molecule has 0 bridgehead atoms. The third-order valence-electron chi connectivity index (χ3n) is 4.92. The lowest BCUT2D eigenvalue weighted by atomic mass is 9.89. The second-order valence-corrected chi connectivity index (χ2v) is 6.75. The molecular formula is C24H22N4. The Balaban J connectivity index is 2.07. The fourth-order valence-corrected chi connectivity index (χ4v) is 3.54. The molecule has 0 aliphatic carbocycles. The van der Waals surface area contributed by atoms with E-state index in [4.69, 9.17) is 22.9 Å². The molecule has 4 nitrogen and oxygen atoms in total. The lowest BCUT2D eigenvalue weighted by Crippen LogP contribution is -2.03. The number of nitrogen functional groups attached to an aromatic ring is 4. The van der Waals surface area contributed by atoms with Gasteiger partial charge >= 0.3 is 0 Å². The molecule has 0 amide bonds. The summed E-state index contributed by atoms with van der Waals surface area (Å²) in [5.74, 6) is 0. The van der Waals surface area contributed by atoms with Crippen LogP contribution in [0.2, 0.25) is 0 Å². The van der Waals surface area contributed by atoms with Crippen LogP contribution in [-0.2, 0) is 0 Å². The first-order valence-corrected chi connectivity index (χ1v) is 9.04. The van der Waals surface area contributed by atoms with Crippen LogP contribution in [0.15, 0.2) is 84.9 Å². The van der Waals surface area contributed by atoms with Crippen LogP contribution in [0.4, 0.5) is 22.7 Å². The topological polar surface area (TPSA) is 104 Å². The number of anilines is 4. The maximum Gasteiger partial charge on any atom is 0.0495 e. The summed E-state index contributed by atoms with van der Waals surface area (Å²) in [5.41, 5.74) is 33.2. The van der Waals surface area contributed by atoms with Gasteiger partial charge in [0.05, 0.1) is 0 Å². The quantitative estimate of drug-likeness (QED) is 0.382. The Morgan fingerprint density at radius 3 is 1.64 bits per heavy atom. The molecule has 0 saturated heterocycles. The maximum absolute atomic E-state index is 6.64. The largest absolute Gasteiger partial charge is 0.399 e. The van der Waals surface area contributed by atoms with E-state index in [-0.39, 0.29) is 0 Å². The molecule has 138 valence electrons. The van der Waals surface area contributed by atoms with Gasteiger partial charge < -0.3 is 22.9 Å². The second-order valence-electron chi connectivity index (χ2n) is 6.75. The van der Waals surface area contributed by atoms with Crippen molar-refractivity contribution in [2.24, 2.45) is 0 Å². The molecule has 0 heterocycles. The number of nitrogens with two attached hydrogens (primary N) is 4. The van der Waals surface area contributed by atoms with Crippen molar-refractivity contribution in [1.29, 1.82) is 0 Å². The van der Waals surface area contributed by atoms with Gasteiger partial charge in [0.2, 0.25) is 0 Å². The molecule has 28 heavy (non-hydrogen) atoms. The van der Waals surface area contributed by atoms with E-state index in [1.165, 1.54) is 0 Å². The molecule has 4 heteroatoms. The van der Waals surface area contributed by atoms with Gasteiger partial charge in [-0.05, 0) is 29.3 Å². The smallest absolute Gasteiger partial charge is 0.0495 e. The van der Waals surface area contributed by atoms with Crippen molar-refractivity contribution in [3.63, 3.8) is 0 Å². The average molecular weight is 366 g/mol. The number of hydrogen-bond donors (Lipinski definition) is 4. The molecular weight excluding hydrogens is 344 g/mol. The second kappa shape index (κ2) is 7.00. The zero-order valence-corrected chi connectivity index (χ0v) is 15.4. The Morgan fingerprint density at radius 1 is 0.464 bits per heavy atom. The van der Waals surface area contributed by atoms with Crippen molar-refractivity contribution in [2.45, 2.75) is 0 Å². The Hall–Kier alpha value is -3.92. The average Bonchev–Trinajstić information content (AvgIpc) is 2.70.